The van der Waals surface area contributed by atoms with Gasteiger partial charge < -0.3 is 10.1 Å². The summed E-state index contributed by atoms with van der Waals surface area (Å²) in [5.41, 5.74) is 0.333. The molecule has 0 radical (unpaired) electrons. The summed E-state index contributed by atoms with van der Waals surface area (Å²) in [6.45, 7) is 1.77. The average molecular weight is 250 g/mol. The number of rotatable bonds is 2. The third-order valence-corrected chi connectivity index (χ3v) is 3.12. The van der Waals surface area contributed by atoms with Gasteiger partial charge in [-0.2, -0.15) is 9.61 Å². The summed E-state index contributed by atoms with van der Waals surface area (Å²) in [5.74, 6) is -0.442. The molecule has 17 heavy (non-hydrogen) atoms. The van der Waals surface area contributed by atoms with Gasteiger partial charge >= 0.3 is 5.97 Å². The average Bonchev–Trinajstić information content (AvgIpc) is 2.94. The normalized spacial score (nSPS) is 11.1. The molecule has 8 nitrogen and oxygen atoms in total. The van der Waals surface area contributed by atoms with E-state index in [4.69, 9.17) is 5.11 Å². The van der Waals surface area contributed by atoms with Crippen LogP contribution in [0, 0.1) is 6.92 Å². The molecule has 86 valence electrons. The highest BCUT2D eigenvalue weighted by atomic mass is 32.1. The summed E-state index contributed by atoms with van der Waals surface area (Å²) in [6, 6.07) is 0. The molecule has 3 rings (SSSR count). The van der Waals surface area contributed by atoms with Crippen LogP contribution < -0.4 is 0 Å². The molecule has 9 heteroatoms. The van der Waals surface area contributed by atoms with Crippen LogP contribution in [0.25, 0.3) is 15.7 Å². The molecule has 0 aromatic carbocycles. The highest BCUT2D eigenvalue weighted by Crippen LogP contribution is 2.25. The summed E-state index contributed by atoms with van der Waals surface area (Å²) >= 11 is 1.25. The molecule has 3 aromatic heterocycles. The van der Waals surface area contributed by atoms with Crippen LogP contribution in [0.3, 0.4) is 0 Å². The van der Waals surface area contributed by atoms with E-state index in [0.717, 1.165) is 0 Å². The van der Waals surface area contributed by atoms with Crippen molar-refractivity contribution in [3.63, 3.8) is 0 Å². The Kier molecular flexibility index (Phi) is 1.95. The number of carboxylic acid groups (broad SMARTS) is 1. The number of hydrogen-bond acceptors (Lipinski definition) is 6. The molecular formula is C8H6N6O2S. The number of fused-ring (bicyclic) bond motifs is 1. The van der Waals surface area contributed by atoms with E-state index in [9.17, 15) is 4.79 Å². The molecule has 0 fully saturated rings. The van der Waals surface area contributed by atoms with Crippen molar-refractivity contribution >= 4 is 22.3 Å². The number of aryl methyl sites for hydroxylation is 1. The van der Waals surface area contributed by atoms with Crippen LogP contribution in [0.15, 0.2) is 6.33 Å². The minimum absolute atomic E-state index is 0.0485. The topological polar surface area (TPSA) is 109 Å². The van der Waals surface area contributed by atoms with E-state index in [2.05, 4.69) is 25.3 Å². The Morgan fingerprint density at radius 3 is 3.06 bits per heavy atom. The highest BCUT2D eigenvalue weighted by molar-refractivity contribution is 7.19. The fourth-order valence-electron chi connectivity index (χ4n) is 1.44. The number of H-pyrrole nitrogens is 1. The first kappa shape index (κ1) is 9.90. The van der Waals surface area contributed by atoms with Crippen molar-refractivity contribution in [1.82, 2.24) is 29.8 Å². The van der Waals surface area contributed by atoms with Crippen LogP contribution in [-0.2, 0) is 0 Å². The zero-order chi connectivity index (χ0) is 12.0. The van der Waals surface area contributed by atoms with E-state index in [1.807, 2.05) is 0 Å². The van der Waals surface area contributed by atoms with Gasteiger partial charge in [-0.05, 0) is 6.92 Å². The molecule has 0 saturated heterocycles. The maximum atomic E-state index is 10.9. The Morgan fingerprint density at radius 1 is 1.53 bits per heavy atom. The Morgan fingerprint density at radius 2 is 2.35 bits per heavy atom. The largest absolute Gasteiger partial charge is 0.476 e. The van der Waals surface area contributed by atoms with Gasteiger partial charge in [-0.1, -0.05) is 11.3 Å². The van der Waals surface area contributed by atoms with E-state index in [0.29, 0.717) is 21.5 Å². The first-order valence-electron chi connectivity index (χ1n) is 4.62. The Hall–Kier alpha value is -2.29. The lowest BCUT2D eigenvalue weighted by atomic mass is 10.3. The second-order valence-electron chi connectivity index (χ2n) is 3.28. The molecule has 0 amide bonds. The maximum Gasteiger partial charge on any atom is 0.356 e. The molecule has 0 atom stereocenters. The van der Waals surface area contributed by atoms with E-state index in [1.54, 1.807) is 11.4 Å². The minimum atomic E-state index is -1.09. The molecule has 0 aliphatic carbocycles. The summed E-state index contributed by atoms with van der Waals surface area (Å²) in [7, 11) is 0. The number of nitrogens with zero attached hydrogens (tertiary/aromatic N) is 5. The number of carboxylic acids is 1. The SMILES string of the molecule is Cc1nnc2sc(-c3[nH]cnc3C(=O)O)nn12. The number of imidazole rings is 1. The Bertz CT molecular complexity index is 711. The van der Waals surface area contributed by atoms with Gasteiger partial charge in [0.25, 0.3) is 0 Å². The van der Waals surface area contributed by atoms with Crippen molar-refractivity contribution in [3.05, 3.63) is 17.8 Å². The number of hydrogen-bond donors (Lipinski definition) is 2. The number of aromatic amines is 1. The molecule has 3 heterocycles. The van der Waals surface area contributed by atoms with E-state index in [1.165, 1.54) is 17.7 Å². The van der Waals surface area contributed by atoms with Crippen LogP contribution in [-0.4, -0.2) is 40.9 Å². The monoisotopic (exact) mass is 250 g/mol. The lowest BCUT2D eigenvalue weighted by Crippen LogP contribution is -1.99. The van der Waals surface area contributed by atoms with E-state index >= 15 is 0 Å². The molecule has 0 aliphatic heterocycles. The first-order chi connectivity index (χ1) is 8.16. The van der Waals surface area contributed by atoms with Crippen molar-refractivity contribution in [1.29, 1.82) is 0 Å². The lowest BCUT2D eigenvalue weighted by Gasteiger charge is -1.92. The fourth-order valence-corrected chi connectivity index (χ4v) is 2.33. The predicted octanol–water partition coefficient (Wildman–Crippen LogP) is 0.583. The van der Waals surface area contributed by atoms with Gasteiger partial charge in [0, 0.05) is 0 Å². The summed E-state index contributed by atoms with van der Waals surface area (Å²) in [5, 5.41) is 21.5. The molecule has 0 saturated carbocycles. The van der Waals surface area contributed by atoms with Crippen molar-refractivity contribution in [2.75, 3.05) is 0 Å². The number of nitrogens with one attached hydrogen (secondary N) is 1. The summed E-state index contributed by atoms with van der Waals surface area (Å²) in [4.78, 5) is 18.1. The molecule has 0 unspecified atom stereocenters. The second kappa shape index (κ2) is 3.35. The number of carbonyl (C=O) groups is 1. The predicted molar refractivity (Wildman–Crippen MR) is 57.9 cm³/mol. The number of aromatic nitrogens is 6. The third kappa shape index (κ3) is 1.40. The zero-order valence-electron chi connectivity index (χ0n) is 8.58. The molecule has 0 bridgehead atoms. The maximum absolute atomic E-state index is 10.9. The van der Waals surface area contributed by atoms with Crippen molar-refractivity contribution in [2.24, 2.45) is 0 Å². The minimum Gasteiger partial charge on any atom is -0.476 e. The van der Waals surface area contributed by atoms with Gasteiger partial charge in [0.1, 0.15) is 5.69 Å². The van der Waals surface area contributed by atoms with Gasteiger partial charge in [0.2, 0.25) is 4.96 Å². The molecule has 3 aromatic rings. The molecule has 0 spiro atoms. The van der Waals surface area contributed by atoms with Crippen molar-refractivity contribution in [3.8, 4) is 10.7 Å². The zero-order valence-corrected chi connectivity index (χ0v) is 9.39. The van der Waals surface area contributed by atoms with E-state index < -0.39 is 5.97 Å². The Labute approximate surface area is 98.0 Å². The van der Waals surface area contributed by atoms with E-state index in [-0.39, 0.29) is 5.69 Å². The first-order valence-corrected chi connectivity index (χ1v) is 5.44. The Balaban J connectivity index is 2.20. The summed E-state index contributed by atoms with van der Waals surface area (Å²) < 4.78 is 1.56. The van der Waals surface area contributed by atoms with Crippen LogP contribution in [0.4, 0.5) is 0 Å². The smallest absolute Gasteiger partial charge is 0.356 e. The standard InChI is InChI=1S/C8H6N6O2S/c1-3-11-12-8-14(3)13-6(17-8)4-5(7(15)16)10-2-9-4/h2H,1H3,(H,9,10)(H,15,16). The van der Waals surface area contributed by atoms with Crippen LogP contribution in [0.5, 0.6) is 0 Å². The van der Waals surface area contributed by atoms with Gasteiger partial charge in [0.05, 0.1) is 6.33 Å². The highest BCUT2D eigenvalue weighted by Gasteiger charge is 2.19. The third-order valence-electron chi connectivity index (χ3n) is 2.20. The quantitative estimate of drug-likeness (QED) is 0.688. The van der Waals surface area contributed by atoms with Gasteiger partial charge in [-0.15, -0.1) is 10.2 Å². The fraction of sp³-hybridized carbons (Fsp3) is 0.125. The van der Waals surface area contributed by atoms with Crippen LogP contribution in [0.2, 0.25) is 0 Å². The molecule has 0 aliphatic rings. The summed E-state index contributed by atoms with van der Waals surface area (Å²) in [6.07, 6.45) is 1.33. The van der Waals surface area contributed by atoms with Gasteiger partial charge in [0.15, 0.2) is 16.5 Å². The van der Waals surface area contributed by atoms with Crippen LogP contribution in [0.1, 0.15) is 16.3 Å². The van der Waals surface area contributed by atoms with Crippen molar-refractivity contribution < 1.29 is 9.90 Å². The molecular weight excluding hydrogens is 244 g/mol. The lowest BCUT2D eigenvalue weighted by molar-refractivity contribution is 0.0692. The number of aromatic carboxylic acids is 1. The van der Waals surface area contributed by atoms with Crippen LogP contribution >= 0.6 is 11.3 Å². The van der Waals surface area contributed by atoms with Gasteiger partial charge in [-0.3, -0.25) is 0 Å². The second-order valence-corrected chi connectivity index (χ2v) is 4.24. The molecule has 2 N–H and O–H groups in total. The van der Waals surface area contributed by atoms with Gasteiger partial charge in [-0.25, -0.2) is 9.78 Å². The van der Waals surface area contributed by atoms with Crippen molar-refractivity contribution in [2.45, 2.75) is 6.92 Å².